The van der Waals surface area contributed by atoms with Crippen molar-refractivity contribution in [3.63, 3.8) is 0 Å². The second kappa shape index (κ2) is 9.25. The maximum absolute atomic E-state index is 13.1. The fraction of sp³-hybridized carbons (Fsp3) is 0.333. The summed E-state index contributed by atoms with van der Waals surface area (Å²) < 4.78 is 18.3. The molecule has 0 spiro atoms. The highest BCUT2D eigenvalue weighted by atomic mass is 32.2. The van der Waals surface area contributed by atoms with Crippen molar-refractivity contribution in [3.05, 3.63) is 54.2 Å². The van der Waals surface area contributed by atoms with Gasteiger partial charge in [-0.25, -0.2) is 9.37 Å². The summed E-state index contributed by atoms with van der Waals surface area (Å²) in [7, 11) is 0. The van der Waals surface area contributed by atoms with Crippen molar-refractivity contribution in [1.29, 1.82) is 0 Å². The average molecular weight is 428 g/mol. The van der Waals surface area contributed by atoms with Gasteiger partial charge in [0.15, 0.2) is 5.82 Å². The first-order valence-corrected chi connectivity index (χ1v) is 10.8. The van der Waals surface area contributed by atoms with Gasteiger partial charge in [-0.3, -0.25) is 4.79 Å². The maximum Gasteiger partial charge on any atom is 0.259 e. The van der Waals surface area contributed by atoms with Crippen LogP contribution in [0.3, 0.4) is 0 Å². The topological polar surface area (TPSA) is 75.4 Å². The Kier molecular flexibility index (Phi) is 6.27. The normalized spacial score (nSPS) is 14.2. The number of hydrogen-bond donors (Lipinski definition) is 0. The van der Waals surface area contributed by atoms with E-state index in [2.05, 4.69) is 20.0 Å². The van der Waals surface area contributed by atoms with E-state index in [1.54, 1.807) is 18.3 Å². The molecular formula is C21H22FN5O2S. The van der Waals surface area contributed by atoms with Gasteiger partial charge in [0.1, 0.15) is 5.82 Å². The van der Waals surface area contributed by atoms with Gasteiger partial charge in [0.2, 0.25) is 5.91 Å². The molecule has 0 radical (unpaired) electrons. The molecule has 1 saturated heterocycles. The van der Waals surface area contributed by atoms with Crippen molar-refractivity contribution in [3.8, 4) is 11.5 Å². The minimum Gasteiger partial charge on any atom is -0.368 e. The van der Waals surface area contributed by atoms with E-state index in [9.17, 15) is 9.18 Å². The van der Waals surface area contributed by atoms with E-state index in [1.165, 1.54) is 23.9 Å². The van der Waals surface area contributed by atoms with Crippen molar-refractivity contribution in [2.45, 2.75) is 18.4 Å². The van der Waals surface area contributed by atoms with Gasteiger partial charge in [-0.05, 0) is 36.4 Å². The van der Waals surface area contributed by atoms with Gasteiger partial charge in [0.05, 0.1) is 16.3 Å². The summed E-state index contributed by atoms with van der Waals surface area (Å²) in [5, 5.41) is 4.65. The van der Waals surface area contributed by atoms with Gasteiger partial charge in [0, 0.05) is 44.5 Å². The summed E-state index contributed by atoms with van der Waals surface area (Å²) >= 11 is 1.41. The molecule has 0 unspecified atom stereocenters. The number of piperazine rings is 1. The molecule has 7 nitrogen and oxygen atoms in total. The van der Waals surface area contributed by atoms with Crippen LogP contribution in [0.1, 0.15) is 12.7 Å². The first-order valence-electron chi connectivity index (χ1n) is 9.82. The van der Waals surface area contributed by atoms with Crippen LogP contribution in [0.15, 0.2) is 52.1 Å². The number of carbonyl (C=O) groups excluding carboxylic acids is 1. The number of amides is 1. The lowest BCUT2D eigenvalue weighted by atomic mass is 10.2. The molecule has 0 bridgehead atoms. The van der Waals surface area contributed by atoms with E-state index in [4.69, 9.17) is 4.52 Å². The van der Waals surface area contributed by atoms with Gasteiger partial charge in [-0.15, -0.1) is 0 Å². The lowest BCUT2D eigenvalue weighted by Gasteiger charge is -2.36. The Bertz CT molecular complexity index is 985. The molecule has 30 heavy (non-hydrogen) atoms. The van der Waals surface area contributed by atoms with Gasteiger partial charge < -0.3 is 14.3 Å². The maximum atomic E-state index is 13.1. The standard InChI is InChI=1S/C21H22FN5O2S/c1-2-18-24-21(29-25-18)15-3-8-19(23-13-15)30-14-20(28)27-11-9-26(10-12-27)17-6-4-16(22)5-7-17/h3-8,13H,2,9-12,14H2,1H3. The smallest absolute Gasteiger partial charge is 0.259 e. The van der Waals surface area contributed by atoms with Crippen molar-refractivity contribution in [1.82, 2.24) is 20.0 Å². The van der Waals surface area contributed by atoms with Crippen molar-refractivity contribution in [2.75, 3.05) is 36.8 Å². The fourth-order valence-corrected chi connectivity index (χ4v) is 3.95. The third-order valence-corrected chi connectivity index (χ3v) is 5.86. The average Bonchev–Trinajstić information content (AvgIpc) is 3.28. The zero-order chi connectivity index (χ0) is 20.9. The molecule has 156 valence electrons. The third kappa shape index (κ3) is 4.79. The Morgan fingerprint density at radius 2 is 1.90 bits per heavy atom. The highest BCUT2D eigenvalue weighted by Gasteiger charge is 2.21. The molecule has 1 aliphatic rings. The largest absolute Gasteiger partial charge is 0.368 e. The lowest BCUT2D eigenvalue weighted by molar-refractivity contribution is -0.128. The number of thioether (sulfide) groups is 1. The summed E-state index contributed by atoms with van der Waals surface area (Å²) in [6, 6.07) is 10.2. The van der Waals surface area contributed by atoms with Crippen LogP contribution in [0.5, 0.6) is 0 Å². The Hall–Kier alpha value is -2.94. The van der Waals surface area contributed by atoms with Crippen molar-refractivity contribution < 1.29 is 13.7 Å². The minimum atomic E-state index is -0.242. The van der Waals surface area contributed by atoms with Crippen LogP contribution in [0.4, 0.5) is 10.1 Å². The Morgan fingerprint density at radius 3 is 2.53 bits per heavy atom. The van der Waals surface area contributed by atoms with E-state index in [1.807, 2.05) is 24.0 Å². The monoisotopic (exact) mass is 427 g/mol. The Morgan fingerprint density at radius 1 is 1.13 bits per heavy atom. The number of anilines is 1. The number of hydrogen-bond acceptors (Lipinski definition) is 7. The second-order valence-electron chi connectivity index (χ2n) is 6.89. The lowest BCUT2D eigenvalue weighted by Crippen LogP contribution is -2.49. The van der Waals surface area contributed by atoms with Crippen LogP contribution < -0.4 is 4.90 Å². The first kappa shape index (κ1) is 20.3. The van der Waals surface area contributed by atoms with Crippen molar-refractivity contribution >= 4 is 23.4 Å². The van der Waals surface area contributed by atoms with E-state index < -0.39 is 0 Å². The Balaban J connectivity index is 1.26. The van der Waals surface area contributed by atoms with Crippen molar-refractivity contribution in [2.24, 2.45) is 0 Å². The predicted octanol–water partition coefficient (Wildman–Crippen LogP) is 3.27. The number of halogens is 1. The Labute approximate surface area is 178 Å². The third-order valence-electron chi connectivity index (χ3n) is 4.94. The molecule has 3 aromatic rings. The zero-order valence-electron chi connectivity index (χ0n) is 16.6. The summed E-state index contributed by atoms with van der Waals surface area (Å²) in [6.45, 7) is 4.74. The quantitative estimate of drug-likeness (QED) is 0.559. The molecular weight excluding hydrogens is 405 g/mol. The van der Waals surface area contributed by atoms with E-state index in [0.717, 1.165) is 29.4 Å². The van der Waals surface area contributed by atoms with Crippen LogP contribution in [0, 0.1) is 5.82 Å². The number of nitrogens with zero attached hydrogens (tertiary/aromatic N) is 5. The summed E-state index contributed by atoms with van der Waals surface area (Å²) in [6.07, 6.45) is 2.40. The molecule has 0 aliphatic carbocycles. The van der Waals surface area contributed by atoms with Gasteiger partial charge in [-0.1, -0.05) is 23.8 Å². The summed E-state index contributed by atoms with van der Waals surface area (Å²) in [5.41, 5.74) is 1.74. The molecule has 0 N–H and O–H groups in total. The molecule has 1 fully saturated rings. The van der Waals surface area contributed by atoms with Gasteiger partial charge in [0.25, 0.3) is 5.89 Å². The number of pyridine rings is 1. The number of rotatable bonds is 6. The number of aryl methyl sites for hydroxylation is 1. The predicted molar refractivity (Wildman–Crippen MR) is 113 cm³/mol. The molecule has 4 rings (SSSR count). The highest BCUT2D eigenvalue weighted by molar-refractivity contribution is 7.99. The molecule has 2 aromatic heterocycles. The SMILES string of the molecule is CCc1noc(-c2ccc(SCC(=O)N3CCN(c4ccc(F)cc4)CC3)nc2)n1. The van der Waals surface area contributed by atoms with Crippen LogP contribution in [0.25, 0.3) is 11.5 Å². The van der Waals surface area contributed by atoms with Gasteiger partial charge >= 0.3 is 0 Å². The molecule has 1 aliphatic heterocycles. The molecule has 9 heteroatoms. The molecule has 0 atom stereocenters. The van der Waals surface area contributed by atoms with Gasteiger partial charge in [-0.2, -0.15) is 4.98 Å². The zero-order valence-corrected chi connectivity index (χ0v) is 17.4. The highest BCUT2D eigenvalue weighted by Crippen LogP contribution is 2.22. The number of benzene rings is 1. The minimum absolute atomic E-state index is 0.0918. The van der Waals surface area contributed by atoms with Crippen LogP contribution in [0.2, 0.25) is 0 Å². The summed E-state index contributed by atoms with van der Waals surface area (Å²) in [4.78, 5) is 25.3. The number of aromatic nitrogens is 3. The van der Waals surface area contributed by atoms with E-state index in [-0.39, 0.29) is 11.7 Å². The van der Waals surface area contributed by atoms with Crippen LogP contribution >= 0.6 is 11.8 Å². The van der Waals surface area contributed by atoms with Crippen LogP contribution in [-0.2, 0) is 11.2 Å². The molecule has 1 aromatic carbocycles. The second-order valence-corrected chi connectivity index (χ2v) is 7.88. The molecule has 3 heterocycles. The summed E-state index contributed by atoms with van der Waals surface area (Å²) in [5.74, 6) is 1.30. The van der Waals surface area contributed by atoms with E-state index in [0.29, 0.717) is 37.0 Å². The van der Waals surface area contributed by atoms with Crippen LogP contribution in [-0.4, -0.2) is 57.9 Å². The molecule has 1 amide bonds. The molecule has 0 saturated carbocycles. The fourth-order valence-electron chi connectivity index (χ4n) is 3.20. The first-order chi connectivity index (χ1) is 14.6. The van der Waals surface area contributed by atoms with E-state index >= 15 is 0 Å². The number of carbonyl (C=O) groups is 1.